The Morgan fingerprint density at radius 3 is 2.33 bits per heavy atom. The highest BCUT2D eigenvalue weighted by atomic mass is 35.5. The van der Waals surface area contributed by atoms with Crippen LogP contribution in [0.25, 0.3) is 0 Å². The van der Waals surface area contributed by atoms with Crippen LogP contribution in [0.1, 0.15) is 28.8 Å². The van der Waals surface area contributed by atoms with Crippen molar-refractivity contribution in [3.8, 4) is 0 Å². The number of amides is 3. The highest BCUT2D eigenvalue weighted by Gasteiger charge is 2.19. The van der Waals surface area contributed by atoms with Crippen molar-refractivity contribution < 1.29 is 14.0 Å². The number of hydrogen-bond donors (Lipinski definition) is 3. The van der Waals surface area contributed by atoms with Crippen LogP contribution in [0.4, 0.5) is 31.9 Å². The van der Waals surface area contributed by atoms with Gasteiger partial charge in [-0.2, -0.15) is 0 Å². The number of anilines is 4. The molecular formula is C25H24ClFN4O2. The molecule has 0 atom stereocenters. The third-order valence-electron chi connectivity index (χ3n) is 5.57. The maximum atomic E-state index is 13.2. The number of hydrogen-bond acceptors (Lipinski definition) is 3. The Bertz CT molecular complexity index is 1180. The Morgan fingerprint density at radius 1 is 0.909 bits per heavy atom. The molecule has 3 N–H and O–H groups in total. The average Bonchev–Trinajstić information content (AvgIpc) is 3.32. The molecule has 1 aliphatic rings. The molecule has 0 spiro atoms. The molecule has 0 aliphatic carbocycles. The zero-order valence-corrected chi connectivity index (χ0v) is 18.9. The lowest BCUT2D eigenvalue weighted by molar-refractivity contribution is 0.102. The van der Waals surface area contributed by atoms with Crippen LogP contribution in [0.3, 0.4) is 0 Å². The summed E-state index contributed by atoms with van der Waals surface area (Å²) in [6.07, 6.45) is 2.16. The molecule has 0 saturated carbocycles. The predicted molar refractivity (Wildman–Crippen MR) is 131 cm³/mol. The van der Waals surface area contributed by atoms with Gasteiger partial charge in [0.25, 0.3) is 5.91 Å². The first-order chi connectivity index (χ1) is 15.9. The number of carbonyl (C=O) groups excluding carboxylic acids is 2. The van der Waals surface area contributed by atoms with Gasteiger partial charge in [0.1, 0.15) is 5.82 Å². The van der Waals surface area contributed by atoms with Gasteiger partial charge < -0.3 is 20.9 Å². The monoisotopic (exact) mass is 466 g/mol. The molecule has 1 heterocycles. The number of nitrogens with one attached hydrogen (secondary N) is 3. The Kier molecular flexibility index (Phi) is 6.79. The smallest absolute Gasteiger partial charge is 0.323 e. The molecule has 6 nitrogen and oxygen atoms in total. The minimum atomic E-state index is -0.414. The molecule has 4 rings (SSSR count). The van der Waals surface area contributed by atoms with Crippen molar-refractivity contribution in [1.29, 1.82) is 0 Å². The molecule has 3 aromatic carbocycles. The lowest BCUT2D eigenvalue weighted by atomic mass is 10.2. The molecule has 3 amide bonds. The summed E-state index contributed by atoms with van der Waals surface area (Å²) in [6, 6.07) is 15.6. The van der Waals surface area contributed by atoms with E-state index >= 15 is 0 Å². The Labute approximate surface area is 196 Å². The highest BCUT2D eigenvalue weighted by molar-refractivity contribution is 6.31. The van der Waals surface area contributed by atoms with E-state index in [1.807, 2.05) is 13.0 Å². The molecular weight excluding hydrogens is 443 g/mol. The minimum Gasteiger partial charge on any atom is -0.370 e. The number of benzene rings is 3. The number of halogens is 2. The molecule has 170 valence electrons. The molecule has 0 bridgehead atoms. The van der Waals surface area contributed by atoms with E-state index in [1.54, 1.807) is 30.3 Å². The Hall–Kier alpha value is -3.58. The topological polar surface area (TPSA) is 73.5 Å². The quantitative estimate of drug-likeness (QED) is 0.414. The number of rotatable bonds is 5. The largest absolute Gasteiger partial charge is 0.370 e. The predicted octanol–water partition coefficient (Wildman–Crippen LogP) is 6.28. The molecule has 0 aromatic heterocycles. The summed E-state index contributed by atoms with van der Waals surface area (Å²) < 4.78 is 13.2. The van der Waals surface area contributed by atoms with Gasteiger partial charge in [-0.15, -0.1) is 0 Å². The summed E-state index contributed by atoms with van der Waals surface area (Å²) in [6.45, 7) is 3.62. The van der Waals surface area contributed by atoms with Crippen LogP contribution in [0.15, 0.2) is 60.7 Å². The summed E-state index contributed by atoms with van der Waals surface area (Å²) in [4.78, 5) is 27.5. The van der Waals surface area contributed by atoms with Gasteiger partial charge in [0.15, 0.2) is 0 Å². The molecule has 3 aromatic rings. The van der Waals surface area contributed by atoms with Gasteiger partial charge in [0.05, 0.1) is 11.4 Å². The number of urea groups is 1. The second-order valence-corrected chi connectivity index (χ2v) is 8.29. The van der Waals surface area contributed by atoms with Gasteiger partial charge in [0.2, 0.25) is 0 Å². The van der Waals surface area contributed by atoms with Crippen LogP contribution in [0, 0.1) is 12.7 Å². The van der Waals surface area contributed by atoms with Crippen LogP contribution in [-0.2, 0) is 0 Å². The van der Waals surface area contributed by atoms with Crippen molar-refractivity contribution in [3.63, 3.8) is 0 Å². The zero-order valence-electron chi connectivity index (χ0n) is 18.1. The molecule has 0 radical (unpaired) electrons. The fourth-order valence-corrected chi connectivity index (χ4v) is 3.95. The molecule has 33 heavy (non-hydrogen) atoms. The first-order valence-electron chi connectivity index (χ1n) is 10.7. The van der Waals surface area contributed by atoms with Crippen molar-refractivity contribution in [2.45, 2.75) is 19.8 Å². The first-order valence-corrected chi connectivity index (χ1v) is 11.1. The second-order valence-electron chi connectivity index (χ2n) is 7.88. The van der Waals surface area contributed by atoms with E-state index in [4.69, 9.17) is 11.6 Å². The summed E-state index contributed by atoms with van der Waals surface area (Å²) in [5.74, 6) is -0.775. The summed E-state index contributed by atoms with van der Waals surface area (Å²) in [7, 11) is 0. The second kappa shape index (κ2) is 9.92. The van der Waals surface area contributed by atoms with E-state index in [0.717, 1.165) is 37.2 Å². The van der Waals surface area contributed by atoms with Crippen LogP contribution < -0.4 is 20.9 Å². The van der Waals surface area contributed by atoms with Gasteiger partial charge >= 0.3 is 6.03 Å². The van der Waals surface area contributed by atoms with Gasteiger partial charge in [-0.05, 0) is 79.9 Å². The summed E-state index contributed by atoms with van der Waals surface area (Å²) in [5, 5.41) is 9.11. The molecule has 0 unspecified atom stereocenters. The Morgan fingerprint density at radius 2 is 1.61 bits per heavy atom. The lowest BCUT2D eigenvalue weighted by Gasteiger charge is -2.23. The van der Waals surface area contributed by atoms with E-state index < -0.39 is 11.8 Å². The summed E-state index contributed by atoms with van der Waals surface area (Å²) >= 11 is 6.16. The van der Waals surface area contributed by atoms with Crippen LogP contribution >= 0.6 is 11.6 Å². The van der Waals surface area contributed by atoms with E-state index in [9.17, 15) is 14.0 Å². The lowest BCUT2D eigenvalue weighted by Crippen LogP contribution is -2.24. The van der Waals surface area contributed by atoms with Crippen molar-refractivity contribution in [2.75, 3.05) is 33.9 Å². The van der Waals surface area contributed by atoms with Gasteiger partial charge in [-0.1, -0.05) is 17.7 Å². The molecule has 1 aliphatic heterocycles. The molecule has 8 heteroatoms. The fraction of sp³-hybridized carbons (Fsp3) is 0.200. The van der Waals surface area contributed by atoms with Crippen molar-refractivity contribution in [2.24, 2.45) is 0 Å². The van der Waals surface area contributed by atoms with E-state index in [-0.39, 0.29) is 5.91 Å². The van der Waals surface area contributed by atoms with Gasteiger partial charge in [-0.25, -0.2) is 9.18 Å². The van der Waals surface area contributed by atoms with E-state index in [1.165, 1.54) is 24.3 Å². The van der Waals surface area contributed by atoms with Gasteiger partial charge in [0, 0.05) is 35.1 Å². The zero-order chi connectivity index (χ0) is 23.4. The fourth-order valence-electron chi connectivity index (χ4n) is 3.77. The normalized spacial score (nSPS) is 13.0. The van der Waals surface area contributed by atoms with E-state index in [2.05, 4.69) is 20.9 Å². The molecule has 1 saturated heterocycles. The van der Waals surface area contributed by atoms with Gasteiger partial charge in [-0.3, -0.25) is 4.79 Å². The van der Waals surface area contributed by atoms with Crippen molar-refractivity contribution in [3.05, 3.63) is 82.6 Å². The number of nitrogens with zero attached hydrogens (tertiary/aromatic N) is 1. The highest BCUT2D eigenvalue weighted by Crippen LogP contribution is 2.32. The third-order valence-corrected chi connectivity index (χ3v) is 5.98. The van der Waals surface area contributed by atoms with Crippen LogP contribution in [0.2, 0.25) is 5.02 Å². The van der Waals surface area contributed by atoms with Crippen molar-refractivity contribution >= 4 is 46.3 Å². The maximum absolute atomic E-state index is 13.2. The number of carbonyl (C=O) groups is 2. The minimum absolute atomic E-state index is 0.337. The van der Waals surface area contributed by atoms with E-state index in [0.29, 0.717) is 27.6 Å². The van der Waals surface area contributed by atoms with Crippen LogP contribution in [0.5, 0.6) is 0 Å². The first kappa shape index (κ1) is 22.6. The molecule has 1 fully saturated rings. The standard InChI is InChI=1S/C25H24ClFN4O2/c1-16-20(26)5-4-6-21(16)29-25(33)30-22-15-19(11-12-23(22)31-13-2-3-14-31)28-24(32)17-7-9-18(27)10-8-17/h4-12,15H,2-3,13-14H2,1H3,(H,28,32)(H2,29,30,33). The van der Waals surface area contributed by atoms with Crippen LogP contribution in [-0.4, -0.2) is 25.0 Å². The third kappa shape index (κ3) is 5.43. The average molecular weight is 467 g/mol. The Balaban J connectivity index is 1.56. The summed E-state index contributed by atoms with van der Waals surface area (Å²) in [5.41, 5.74) is 3.69. The SMILES string of the molecule is Cc1c(Cl)cccc1NC(=O)Nc1cc(NC(=O)c2ccc(F)cc2)ccc1N1CCCC1. The van der Waals surface area contributed by atoms with Crippen molar-refractivity contribution in [1.82, 2.24) is 0 Å². The maximum Gasteiger partial charge on any atom is 0.323 e.